The first-order chi connectivity index (χ1) is 17.7. The number of rotatable bonds is 4. The first-order valence-electron chi connectivity index (χ1n) is 12.4. The van der Waals surface area contributed by atoms with E-state index >= 15 is 0 Å². The minimum Gasteiger partial charge on any atom is -0.444 e. The van der Waals surface area contributed by atoms with Gasteiger partial charge in [0.15, 0.2) is 0 Å². The van der Waals surface area contributed by atoms with Crippen molar-refractivity contribution in [2.45, 2.75) is 45.8 Å². The first-order valence-corrected chi connectivity index (χ1v) is 12.8. The fourth-order valence-corrected chi connectivity index (χ4v) is 4.83. The molecule has 8 heteroatoms. The molecule has 5 rings (SSSR count). The van der Waals surface area contributed by atoms with Crippen molar-refractivity contribution < 1.29 is 9.53 Å². The third-order valence-corrected chi connectivity index (χ3v) is 6.63. The number of hydrogen-bond donors (Lipinski definition) is 4. The molecule has 2 heterocycles. The summed E-state index contributed by atoms with van der Waals surface area (Å²) in [5.41, 5.74) is 14.6. The zero-order chi connectivity index (χ0) is 26.2. The number of nitrogens with one attached hydrogen (secondary N) is 4. The highest BCUT2D eigenvalue weighted by Crippen LogP contribution is 2.39. The molecule has 7 nitrogen and oxygen atoms in total. The molecule has 1 amide bonds. The van der Waals surface area contributed by atoms with Crippen molar-refractivity contribution in [2.24, 2.45) is 0 Å². The smallest absolute Gasteiger partial charge is 0.412 e. The molecular weight excluding hydrogens is 486 g/mol. The summed E-state index contributed by atoms with van der Waals surface area (Å²) >= 11 is 6.11. The van der Waals surface area contributed by atoms with Crippen molar-refractivity contribution in [3.8, 4) is 11.1 Å². The van der Waals surface area contributed by atoms with E-state index in [1.807, 2.05) is 69.3 Å². The number of carbonyl (C=O) groups excluding carboxylic acids is 1. The minimum atomic E-state index is -0.545. The number of hydrogen-bond acceptors (Lipinski definition) is 6. The standard InChI is InChI=1S/C29H32ClN5O2/c1-18-27-24-14-7-20(19-5-10-23(11-6-19)32-28(36)37-29(2,3)4)17-25(24)26(15-16-35(27)34-33-18)31-22-12-8-21(30)9-13-22/h5-14,17,26,31,33-34H,15-16H2,1-4H3,(H,32,36). The van der Waals surface area contributed by atoms with Gasteiger partial charge in [0, 0.05) is 28.5 Å². The van der Waals surface area contributed by atoms with E-state index in [1.54, 1.807) is 0 Å². The number of nitrogens with zero attached hydrogens (tertiary/aromatic N) is 1. The Labute approximate surface area is 222 Å². The zero-order valence-corrected chi connectivity index (χ0v) is 22.2. The number of hydrazine groups is 2. The van der Waals surface area contributed by atoms with Crippen LogP contribution in [0.15, 0.2) is 72.4 Å². The van der Waals surface area contributed by atoms with Crippen molar-refractivity contribution in [2.75, 3.05) is 17.2 Å². The molecule has 4 N–H and O–H groups in total. The van der Waals surface area contributed by atoms with Gasteiger partial charge in [0.1, 0.15) is 5.60 Å². The van der Waals surface area contributed by atoms with E-state index in [1.165, 1.54) is 16.8 Å². The fourth-order valence-electron chi connectivity index (χ4n) is 4.71. The molecule has 3 aromatic rings. The average molecular weight is 518 g/mol. The van der Waals surface area contributed by atoms with Crippen LogP contribution in [0.3, 0.4) is 0 Å². The second kappa shape index (κ2) is 10.00. The highest BCUT2D eigenvalue weighted by atomic mass is 35.5. The van der Waals surface area contributed by atoms with E-state index in [-0.39, 0.29) is 6.04 Å². The largest absolute Gasteiger partial charge is 0.444 e. The van der Waals surface area contributed by atoms with Crippen LogP contribution in [0.25, 0.3) is 16.8 Å². The van der Waals surface area contributed by atoms with Crippen molar-refractivity contribution in [3.63, 3.8) is 0 Å². The Morgan fingerprint density at radius 1 is 1.00 bits per heavy atom. The summed E-state index contributed by atoms with van der Waals surface area (Å²) in [7, 11) is 0. The lowest BCUT2D eigenvalue weighted by Crippen LogP contribution is -2.37. The maximum Gasteiger partial charge on any atom is 0.412 e. The summed E-state index contributed by atoms with van der Waals surface area (Å²) < 4.78 is 5.36. The normalized spacial score (nSPS) is 16.9. The topological polar surface area (TPSA) is 77.7 Å². The van der Waals surface area contributed by atoms with Gasteiger partial charge in [-0.05, 0) is 93.3 Å². The third-order valence-electron chi connectivity index (χ3n) is 6.38. The second-order valence-electron chi connectivity index (χ2n) is 10.4. The molecule has 2 aliphatic rings. The number of halogens is 1. The van der Waals surface area contributed by atoms with Crippen molar-refractivity contribution in [1.82, 2.24) is 16.0 Å². The molecule has 1 unspecified atom stereocenters. The lowest BCUT2D eigenvalue weighted by molar-refractivity contribution is 0.0636. The van der Waals surface area contributed by atoms with Crippen LogP contribution in [0.5, 0.6) is 0 Å². The van der Waals surface area contributed by atoms with Crippen LogP contribution in [-0.2, 0) is 4.74 Å². The maximum absolute atomic E-state index is 12.1. The van der Waals surface area contributed by atoms with Gasteiger partial charge in [-0.2, -0.15) is 0 Å². The molecule has 3 aromatic carbocycles. The number of fused-ring (bicyclic) bond motifs is 3. The van der Waals surface area contributed by atoms with Gasteiger partial charge >= 0.3 is 6.09 Å². The van der Waals surface area contributed by atoms with Gasteiger partial charge in [0.05, 0.1) is 17.4 Å². The number of allylic oxidation sites excluding steroid dienone is 1. The molecule has 37 heavy (non-hydrogen) atoms. The zero-order valence-electron chi connectivity index (χ0n) is 21.5. The van der Waals surface area contributed by atoms with Crippen LogP contribution in [-0.4, -0.2) is 23.2 Å². The van der Waals surface area contributed by atoms with Gasteiger partial charge in [-0.1, -0.05) is 35.9 Å². The summed E-state index contributed by atoms with van der Waals surface area (Å²) in [6.45, 7) is 8.47. The Morgan fingerprint density at radius 3 is 2.38 bits per heavy atom. The van der Waals surface area contributed by atoms with Gasteiger partial charge in [-0.15, -0.1) is 5.53 Å². The van der Waals surface area contributed by atoms with E-state index < -0.39 is 11.7 Å². The fraction of sp³-hybridized carbons (Fsp3) is 0.276. The molecule has 1 atom stereocenters. The number of carbonyl (C=O) groups is 1. The maximum atomic E-state index is 12.1. The second-order valence-corrected chi connectivity index (χ2v) is 10.8. The predicted octanol–water partition coefficient (Wildman–Crippen LogP) is 6.92. The van der Waals surface area contributed by atoms with Crippen molar-refractivity contribution >= 4 is 34.8 Å². The SMILES string of the molecule is CC1=C2c3ccc(-c4ccc(NC(=O)OC(C)(C)C)cc4)cc3C(Nc3ccc(Cl)cc3)CCN2NN1. The van der Waals surface area contributed by atoms with Gasteiger partial charge < -0.3 is 15.5 Å². The quantitative estimate of drug-likeness (QED) is 0.301. The molecule has 0 bridgehead atoms. The Bertz CT molecular complexity index is 1330. The van der Waals surface area contributed by atoms with Gasteiger partial charge in [-0.25, -0.2) is 4.79 Å². The minimum absolute atomic E-state index is 0.108. The molecule has 0 saturated carbocycles. The van der Waals surface area contributed by atoms with E-state index in [0.29, 0.717) is 5.69 Å². The number of anilines is 2. The summed E-state index contributed by atoms with van der Waals surface area (Å²) in [6.07, 6.45) is 0.442. The summed E-state index contributed by atoms with van der Waals surface area (Å²) in [6, 6.07) is 22.4. The van der Waals surface area contributed by atoms with Gasteiger partial charge in [0.2, 0.25) is 0 Å². The monoisotopic (exact) mass is 517 g/mol. The summed E-state index contributed by atoms with van der Waals surface area (Å²) in [5.74, 6) is 0. The van der Waals surface area contributed by atoms with Gasteiger partial charge in [-0.3, -0.25) is 10.3 Å². The Hall–Kier alpha value is -3.68. The predicted molar refractivity (Wildman–Crippen MR) is 150 cm³/mol. The van der Waals surface area contributed by atoms with Crippen LogP contribution in [0.2, 0.25) is 5.02 Å². The highest BCUT2D eigenvalue weighted by Gasteiger charge is 2.30. The van der Waals surface area contributed by atoms with Crippen molar-refractivity contribution in [3.05, 3.63) is 88.6 Å². The molecule has 0 radical (unpaired) electrons. The molecule has 0 aliphatic carbocycles. The Kier molecular flexibility index (Phi) is 6.75. The molecule has 2 aliphatic heterocycles. The van der Waals surface area contributed by atoms with E-state index in [2.05, 4.69) is 51.7 Å². The number of benzene rings is 3. The van der Waals surface area contributed by atoms with Crippen molar-refractivity contribution in [1.29, 1.82) is 0 Å². The first kappa shape index (κ1) is 25.0. The highest BCUT2D eigenvalue weighted by molar-refractivity contribution is 6.30. The van der Waals surface area contributed by atoms with Crippen LogP contribution in [0, 0.1) is 0 Å². The summed E-state index contributed by atoms with van der Waals surface area (Å²) in [5, 5.41) is 9.41. The van der Waals surface area contributed by atoms with E-state index in [9.17, 15) is 4.79 Å². The average Bonchev–Trinajstić information content (AvgIpc) is 3.14. The van der Waals surface area contributed by atoms with Crippen LogP contribution in [0.4, 0.5) is 16.2 Å². The van der Waals surface area contributed by atoms with Crippen LogP contribution in [0.1, 0.15) is 51.3 Å². The number of amides is 1. The molecule has 0 fully saturated rings. The van der Waals surface area contributed by atoms with Crippen LogP contribution >= 0.6 is 11.6 Å². The molecule has 0 aromatic heterocycles. The Morgan fingerprint density at radius 2 is 1.68 bits per heavy atom. The lowest BCUT2D eigenvalue weighted by atomic mass is 9.92. The molecular formula is C29H32ClN5O2. The number of ether oxygens (including phenoxy) is 1. The molecule has 192 valence electrons. The van der Waals surface area contributed by atoms with Crippen LogP contribution < -0.4 is 21.6 Å². The third kappa shape index (κ3) is 5.68. The molecule has 0 spiro atoms. The van der Waals surface area contributed by atoms with Gasteiger partial charge in [0.25, 0.3) is 0 Å². The van der Waals surface area contributed by atoms with E-state index in [0.717, 1.165) is 40.5 Å². The van der Waals surface area contributed by atoms with E-state index in [4.69, 9.17) is 16.3 Å². The summed E-state index contributed by atoms with van der Waals surface area (Å²) in [4.78, 5) is 12.1. The lowest BCUT2D eigenvalue weighted by Gasteiger charge is -2.22. The molecule has 0 saturated heterocycles. The Balaban J connectivity index is 1.45.